The summed E-state index contributed by atoms with van der Waals surface area (Å²) in [7, 11) is -2.91. The molecule has 0 fully saturated rings. The Morgan fingerprint density at radius 2 is 1.86 bits per heavy atom. The van der Waals surface area contributed by atoms with E-state index in [4.69, 9.17) is 14.0 Å². The van der Waals surface area contributed by atoms with Crippen LogP contribution in [-0.2, 0) is 18.8 Å². The lowest BCUT2D eigenvalue weighted by Crippen LogP contribution is -2.38. The number of halogens is 1. The largest absolute Gasteiger partial charge is 0.477 e. The molecule has 3 atom stereocenters. The molecule has 0 amide bonds. The number of ether oxygens (including phenoxy) is 2. The van der Waals surface area contributed by atoms with Crippen LogP contribution in [0.25, 0.3) is 10.1 Å². The Morgan fingerprint density at radius 1 is 1.17 bits per heavy atom. The van der Waals surface area contributed by atoms with Gasteiger partial charge in [-0.2, -0.15) is 0 Å². The van der Waals surface area contributed by atoms with Crippen LogP contribution in [0.1, 0.15) is 41.9 Å². The third-order valence-corrected chi connectivity index (χ3v) is 8.38. The Bertz CT molecular complexity index is 1250. The fourth-order valence-corrected chi connectivity index (χ4v) is 5.83. The monoisotopic (exact) mass is 523 g/mol. The number of thiophene rings is 1. The van der Waals surface area contributed by atoms with Crippen LogP contribution in [0.3, 0.4) is 0 Å². The summed E-state index contributed by atoms with van der Waals surface area (Å²) in [6.07, 6.45) is 0. The fourth-order valence-electron chi connectivity index (χ4n) is 3.04. The van der Waals surface area contributed by atoms with E-state index in [0.717, 1.165) is 11.3 Å². The molecule has 3 aromatic rings. The highest BCUT2D eigenvalue weighted by molar-refractivity contribution is 7.57. The SMILES string of the molecule is COC(C)(C)COC(=O)[C@H](C)NP(=O)(Oc1ccccc1)[C@@H](F)c1ccc2sc(C(=O)O)cc2c1. The molecule has 0 aliphatic rings. The second-order valence-corrected chi connectivity index (χ2v) is 11.6. The highest BCUT2D eigenvalue weighted by atomic mass is 32.1. The molecule has 8 nitrogen and oxygen atoms in total. The minimum absolute atomic E-state index is 0.0140. The molecule has 0 saturated heterocycles. The van der Waals surface area contributed by atoms with Gasteiger partial charge in [0.25, 0.3) is 0 Å². The topological polar surface area (TPSA) is 111 Å². The number of para-hydroxylation sites is 1. The summed E-state index contributed by atoms with van der Waals surface area (Å²) in [5.74, 6) is -3.85. The summed E-state index contributed by atoms with van der Waals surface area (Å²) in [5, 5.41) is 12.2. The minimum atomic E-state index is -4.39. The zero-order valence-corrected chi connectivity index (χ0v) is 21.4. The lowest BCUT2D eigenvalue weighted by atomic mass is 10.1. The Balaban J connectivity index is 1.89. The lowest BCUT2D eigenvalue weighted by molar-refractivity contribution is -0.152. The van der Waals surface area contributed by atoms with Crippen LogP contribution in [0.4, 0.5) is 4.39 Å². The number of rotatable bonds is 11. The number of hydrogen-bond donors (Lipinski definition) is 2. The van der Waals surface area contributed by atoms with Crippen molar-refractivity contribution in [2.24, 2.45) is 0 Å². The van der Waals surface area contributed by atoms with Gasteiger partial charge in [0, 0.05) is 11.8 Å². The van der Waals surface area contributed by atoms with Crippen molar-refractivity contribution in [1.82, 2.24) is 5.09 Å². The van der Waals surface area contributed by atoms with Gasteiger partial charge in [-0.3, -0.25) is 9.36 Å². The molecular weight excluding hydrogens is 496 g/mol. The molecule has 0 aliphatic heterocycles. The van der Waals surface area contributed by atoms with E-state index in [-0.39, 0.29) is 22.8 Å². The van der Waals surface area contributed by atoms with E-state index in [1.165, 1.54) is 44.4 Å². The third-order valence-electron chi connectivity index (χ3n) is 5.15. The maximum Gasteiger partial charge on any atom is 0.355 e. The molecule has 3 rings (SSSR count). The molecule has 2 N–H and O–H groups in total. The van der Waals surface area contributed by atoms with Crippen LogP contribution in [-0.4, -0.2) is 42.4 Å². The number of aromatic carboxylic acids is 1. The van der Waals surface area contributed by atoms with E-state index in [9.17, 15) is 19.3 Å². The van der Waals surface area contributed by atoms with Crippen LogP contribution in [0.15, 0.2) is 54.6 Å². The van der Waals surface area contributed by atoms with Crippen LogP contribution < -0.4 is 9.61 Å². The number of carbonyl (C=O) groups is 2. The van der Waals surface area contributed by atoms with Gasteiger partial charge >= 0.3 is 19.5 Å². The van der Waals surface area contributed by atoms with Crippen LogP contribution in [0.2, 0.25) is 0 Å². The maximum absolute atomic E-state index is 15.9. The quantitative estimate of drug-likeness (QED) is 0.240. The summed E-state index contributed by atoms with van der Waals surface area (Å²) in [6, 6.07) is 12.7. The zero-order chi connectivity index (χ0) is 25.8. The highest BCUT2D eigenvalue weighted by Gasteiger charge is 2.41. The first kappa shape index (κ1) is 26.8. The smallest absolute Gasteiger partial charge is 0.355 e. The molecule has 0 aliphatic carbocycles. The molecule has 0 bridgehead atoms. The molecule has 2 aromatic carbocycles. The average molecular weight is 524 g/mol. The molecule has 1 aromatic heterocycles. The van der Waals surface area contributed by atoms with Gasteiger partial charge in [-0.1, -0.05) is 24.3 Å². The van der Waals surface area contributed by atoms with E-state index in [1.54, 1.807) is 38.1 Å². The summed E-state index contributed by atoms with van der Waals surface area (Å²) in [4.78, 5) is 23.9. The number of methoxy groups -OCH3 is 1. The Labute approximate surface area is 206 Å². The van der Waals surface area contributed by atoms with E-state index in [1.807, 2.05) is 0 Å². The number of carboxylic acid groups (broad SMARTS) is 1. The Hall–Kier alpha value is -2.78. The molecule has 188 valence electrons. The minimum Gasteiger partial charge on any atom is -0.477 e. The zero-order valence-electron chi connectivity index (χ0n) is 19.7. The van der Waals surface area contributed by atoms with Crippen molar-refractivity contribution in [3.05, 3.63) is 65.0 Å². The number of carbonyl (C=O) groups excluding carboxylic acids is 1. The molecule has 11 heteroatoms. The maximum atomic E-state index is 15.9. The number of alkyl halides is 1. The van der Waals surface area contributed by atoms with Crippen LogP contribution in [0.5, 0.6) is 5.75 Å². The van der Waals surface area contributed by atoms with Crippen LogP contribution >= 0.6 is 18.9 Å². The summed E-state index contributed by atoms with van der Waals surface area (Å²) in [5.41, 5.74) is -0.715. The van der Waals surface area contributed by atoms with Gasteiger partial charge in [-0.25, -0.2) is 14.3 Å². The van der Waals surface area contributed by atoms with E-state index >= 15 is 4.39 Å². The first-order valence-corrected chi connectivity index (χ1v) is 13.2. The van der Waals surface area contributed by atoms with Crippen molar-refractivity contribution < 1.29 is 37.6 Å². The van der Waals surface area contributed by atoms with Crippen molar-refractivity contribution in [2.45, 2.75) is 38.3 Å². The van der Waals surface area contributed by atoms with E-state index in [0.29, 0.717) is 10.1 Å². The van der Waals surface area contributed by atoms with Crippen molar-refractivity contribution in [2.75, 3.05) is 13.7 Å². The van der Waals surface area contributed by atoms with Crippen molar-refractivity contribution in [3.8, 4) is 5.75 Å². The first-order valence-electron chi connectivity index (χ1n) is 10.7. The molecular formula is C24H27FNO7PS. The predicted molar refractivity (Wildman–Crippen MR) is 132 cm³/mol. The second kappa shape index (κ2) is 10.9. The van der Waals surface area contributed by atoms with Gasteiger partial charge in [-0.15, -0.1) is 11.3 Å². The van der Waals surface area contributed by atoms with E-state index in [2.05, 4.69) is 5.09 Å². The third kappa shape index (κ3) is 6.67. The summed E-state index contributed by atoms with van der Waals surface area (Å²) in [6.45, 7) is 4.81. The van der Waals surface area contributed by atoms with Gasteiger partial charge in [0.2, 0.25) is 5.91 Å². The average Bonchev–Trinajstić information content (AvgIpc) is 3.26. The first-order chi connectivity index (χ1) is 16.4. The van der Waals surface area contributed by atoms with Crippen molar-refractivity contribution in [3.63, 3.8) is 0 Å². The summed E-state index contributed by atoms with van der Waals surface area (Å²) >= 11 is 1.05. The van der Waals surface area contributed by atoms with Gasteiger partial charge < -0.3 is 19.1 Å². The normalized spacial score (nSPS) is 15.2. The molecule has 35 heavy (non-hydrogen) atoms. The van der Waals surface area contributed by atoms with Gasteiger partial charge in [0.1, 0.15) is 23.3 Å². The predicted octanol–water partition coefficient (Wildman–Crippen LogP) is 5.79. The lowest BCUT2D eigenvalue weighted by Gasteiger charge is -2.27. The van der Waals surface area contributed by atoms with Crippen LogP contribution in [0, 0.1) is 0 Å². The molecule has 0 spiro atoms. The number of benzene rings is 2. The Morgan fingerprint density at radius 3 is 2.49 bits per heavy atom. The molecule has 1 unspecified atom stereocenters. The van der Waals surface area contributed by atoms with Gasteiger partial charge in [-0.05, 0) is 62.1 Å². The van der Waals surface area contributed by atoms with Crippen molar-refractivity contribution >= 4 is 40.9 Å². The number of esters is 1. The second-order valence-electron chi connectivity index (χ2n) is 8.47. The molecule has 0 radical (unpaired) electrons. The van der Waals surface area contributed by atoms with Crippen molar-refractivity contribution in [1.29, 1.82) is 0 Å². The number of hydrogen-bond acceptors (Lipinski definition) is 7. The highest BCUT2D eigenvalue weighted by Crippen LogP contribution is 2.58. The number of carboxylic acids is 1. The molecule has 0 saturated carbocycles. The number of fused-ring (bicyclic) bond motifs is 1. The van der Waals surface area contributed by atoms with Gasteiger partial charge in [0.15, 0.2) is 0 Å². The Kier molecular flexibility index (Phi) is 8.33. The van der Waals surface area contributed by atoms with E-state index < -0.39 is 37.0 Å². The fraction of sp³-hybridized carbons (Fsp3) is 0.333. The number of nitrogens with one attached hydrogen (secondary N) is 1. The standard InChI is InChI=1S/C24H27FNO7PS/c1-15(23(29)32-14-24(2,3)31-4)26-34(30,33-18-8-6-5-7-9-18)21(25)16-10-11-19-17(12-16)13-20(35-19)22(27)28/h5-13,15,21H,14H2,1-4H3,(H,26,30)(H,27,28)/t15-,21+,34?/m0/s1. The summed E-state index contributed by atoms with van der Waals surface area (Å²) < 4.78 is 46.5. The molecule has 1 heterocycles. The van der Waals surface area contributed by atoms with Gasteiger partial charge in [0.05, 0.1) is 5.60 Å².